The van der Waals surface area contributed by atoms with Gasteiger partial charge in [0.15, 0.2) is 0 Å². The van der Waals surface area contributed by atoms with Gasteiger partial charge < -0.3 is 20.3 Å². The SMILES string of the molecule is N[C@H]1CC[C@@H](C(=O)NCCc2nc(-c3ccccn3)no2)CN(C2CCOCC2)C1. The zero-order valence-corrected chi connectivity index (χ0v) is 17.2. The third-order valence-corrected chi connectivity index (χ3v) is 5.89. The van der Waals surface area contributed by atoms with Gasteiger partial charge in [0.25, 0.3) is 0 Å². The van der Waals surface area contributed by atoms with Gasteiger partial charge in [0.05, 0.1) is 5.92 Å². The number of hydrogen-bond donors (Lipinski definition) is 2. The van der Waals surface area contributed by atoms with Crippen LogP contribution in [0, 0.1) is 5.92 Å². The third-order valence-electron chi connectivity index (χ3n) is 5.89. The summed E-state index contributed by atoms with van der Waals surface area (Å²) < 4.78 is 10.8. The molecule has 0 aromatic carbocycles. The van der Waals surface area contributed by atoms with E-state index in [1.165, 1.54) is 0 Å². The summed E-state index contributed by atoms with van der Waals surface area (Å²) in [5.41, 5.74) is 6.95. The lowest BCUT2D eigenvalue weighted by Gasteiger charge is -2.35. The van der Waals surface area contributed by atoms with E-state index in [1.807, 2.05) is 18.2 Å². The second-order valence-electron chi connectivity index (χ2n) is 8.10. The molecule has 9 nitrogen and oxygen atoms in total. The molecule has 2 aromatic rings. The van der Waals surface area contributed by atoms with E-state index in [0.29, 0.717) is 36.4 Å². The second-order valence-corrected chi connectivity index (χ2v) is 8.10. The molecule has 2 atom stereocenters. The number of nitrogens with two attached hydrogens (primary N) is 1. The smallest absolute Gasteiger partial charge is 0.228 e. The summed E-state index contributed by atoms with van der Waals surface area (Å²) in [4.78, 5) is 23.8. The minimum absolute atomic E-state index is 0.0480. The molecule has 2 fully saturated rings. The summed E-state index contributed by atoms with van der Waals surface area (Å²) in [6.45, 7) is 3.65. The van der Waals surface area contributed by atoms with Gasteiger partial charge in [0.2, 0.25) is 17.6 Å². The lowest BCUT2D eigenvalue weighted by Crippen LogP contribution is -2.47. The molecule has 0 unspecified atom stereocenters. The highest BCUT2D eigenvalue weighted by molar-refractivity contribution is 5.78. The van der Waals surface area contributed by atoms with Crippen molar-refractivity contribution in [3.8, 4) is 11.5 Å². The Bertz CT molecular complexity index is 808. The number of amides is 1. The zero-order chi connectivity index (χ0) is 20.8. The molecule has 9 heteroatoms. The summed E-state index contributed by atoms with van der Waals surface area (Å²) in [5, 5.41) is 7.01. The highest BCUT2D eigenvalue weighted by Gasteiger charge is 2.31. The first-order valence-electron chi connectivity index (χ1n) is 10.8. The standard InChI is InChI=1S/C21H30N6O3/c22-16-5-4-15(13-27(14-16)17-7-11-29-12-8-17)21(28)24-10-6-19-25-20(26-30-19)18-3-1-2-9-23-18/h1-3,9,15-17H,4-8,10-14,22H2,(H,24,28)/t15-,16+/m1/s1. The number of carbonyl (C=O) groups excluding carboxylic acids is 1. The Morgan fingerprint density at radius 1 is 1.20 bits per heavy atom. The van der Waals surface area contributed by atoms with Crippen molar-refractivity contribution in [1.29, 1.82) is 0 Å². The Balaban J connectivity index is 1.28. The van der Waals surface area contributed by atoms with Crippen LogP contribution in [0.1, 0.15) is 31.6 Å². The van der Waals surface area contributed by atoms with Gasteiger partial charge >= 0.3 is 0 Å². The van der Waals surface area contributed by atoms with Crippen LogP contribution in [-0.2, 0) is 16.0 Å². The predicted octanol–water partition coefficient (Wildman–Crippen LogP) is 1.01. The third kappa shape index (κ3) is 5.41. The molecule has 4 rings (SSSR count). The average molecular weight is 415 g/mol. The van der Waals surface area contributed by atoms with E-state index in [4.69, 9.17) is 15.0 Å². The van der Waals surface area contributed by atoms with Gasteiger partial charge in [0, 0.05) is 57.5 Å². The van der Waals surface area contributed by atoms with Crippen molar-refractivity contribution in [2.45, 2.75) is 44.2 Å². The topological polar surface area (TPSA) is 119 Å². The highest BCUT2D eigenvalue weighted by Crippen LogP contribution is 2.22. The van der Waals surface area contributed by atoms with Crippen LogP contribution < -0.4 is 11.1 Å². The Hall–Kier alpha value is -2.36. The zero-order valence-electron chi connectivity index (χ0n) is 17.2. The molecule has 0 aliphatic carbocycles. The van der Waals surface area contributed by atoms with E-state index in [1.54, 1.807) is 6.20 Å². The van der Waals surface area contributed by atoms with Crippen LogP contribution in [0.15, 0.2) is 28.9 Å². The van der Waals surface area contributed by atoms with Gasteiger partial charge in [-0.1, -0.05) is 11.2 Å². The van der Waals surface area contributed by atoms with Gasteiger partial charge in [0.1, 0.15) is 5.69 Å². The molecule has 3 N–H and O–H groups in total. The number of carbonyl (C=O) groups is 1. The van der Waals surface area contributed by atoms with E-state index < -0.39 is 0 Å². The number of nitrogens with zero attached hydrogens (tertiary/aromatic N) is 4. The van der Waals surface area contributed by atoms with Crippen LogP contribution in [0.2, 0.25) is 0 Å². The fourth-order valence-corrected chi connectivity index (χ4v) is 4.21. The average Bonchev–Trinajstić information content (AvgIpc) is 3.16. The molecule has 2 saturated heterocycles. The molecule has 0 radical (unpaired) electrons. The maximum Gasteiger partial charge on any atom is 0.228 e. The monoisotopic (exact) mass is 414 g/mol. The molecule has 162 valence electrons. The summed E-state index contributed by atoms with van der Waals surface area (Å²) in [7, 11) is 0. The van der Waals surface area contributed by atoms with Crippen LogP contribution in [0.4, 0.5) is 0 Å². The number of hydrogen-bond acceptors (Lipinski definition) is 8. The number of pyridine rings is 1. The molecule has 2 aromatic heterocycles. The maximum absolute atomic E-state index is 12.8. The Morgan fingerprint density at radius 3 is 2.87 bits per heavy atom. The van der Waals surface area contributed by atoms with E-state index in [2.05, 4.69) is 25.3 Å². The summed E-state index contributed by atoms with van der Waals surface area (Å²) >= 11 is 0. The van der Waals surface area contributed by atoms with Crippen molar-refractivity contribution in [3.05, 3.63) is 30.3 Å². The molecule has 4 heterocycles. The van der Waals surface area contributed by atoms with Gasteiger partial charge in [-0.05, 0) is 37.8 Å². The number of aromatic nitrogens is 3. The fourth-order valence-electron chi connectivity index (χ4n) is 4.21. The first kappa shape index (κ1) is 20.9. The molecule has 2 aliphatic heterocycles. The molecule has 0 saturated carbocycles. The Labute approximate surface area is 176 Å². The molecule has 30 heavy (non-hydrogen) atoms. The van der Waals surface area contributed by atoms with Gasteiger partial charge in [-0.3, -0.25) is 14.7 Å². The first-order valence-corrected chi connectivity index (χ1v) is 10.8. The van der Waals surface area contributed by atoms with E-state index >= 15 is 0 Å². The Morgan fingerprint density at radius 2 is 2.07 bits per heavy atom. The van der Waals surface area contributed by atoms with Crippen molar-refractivity contribution < 1.29 is 14.1 Å². The number of ether oxygens (including phenoxy) is 1. The van der Waals surface area contributed by atoms with E-state index in [0.717, 1.165) is 52.0 Å². The number of rotatable bonds is 6. The van der Waals surface area contributed by atoms with Crippen molar-refractivity contribution >= 4 is 5.91 Å². The normalized spacial score (nSPS) is 23.8. The van der Waals surface area contributed by atoms with Crippen LogP contribution in [-0.4, -0.2) is 70.9 Å². The van der Waals surface area contributed by atoms with Gasteiger partial charge in [-0.25, -0.2) is 0 Å². The molecule has 1 amide bonds. The first-order chi connectivity index (χ1) is 14.7. The van der Waals surface area contributed by atoms with Crippen LogP contribution >= 0.6 is 0 Å². The summed E-state index contributed by atoms with van der Waals surface area (Å²) in [6, 6.07) is 6.12. The fraction of sp³-hybridized carbons (Fsp3) is 0.619. The van der Waals surface area contributed by atoms with Crippen molar-refractivity contribution in [2.24, 2.45) is 11.7 Å². The minimum atomic E-state index is -0.0480. The number of nitrogens with one attached hydrogen (secondary N) is 1. The largest absolute Gasteiger partial charge is 0.381 e. The van der Waals surface area contributed by atoms with Crippen molar-refractivity contribution in [1.82, 2.24) is 25.3 Å². The van der Waals surface area contributed by atoms with Crippen LogP contribution in [0.25, 0.3) is 11.5 Å². The molecule has 0 bridgehead atoms. The van der Waals surface area contributed by atoms with Crippen LogP contribution in [0.3, 0.4) is 0 Å². The second kappa shape index (κ2) is 10.1. The predicted molar refractivity (Wildman–Crippen MR) is 110 cm³/mol. The van der Waals surface area contributed by atoms with E-state index in [9.17, 15) is 4.79 Å². The Kier molecular flexibility index (Phi) is 7.03. The van der Waals surface area contributed by atoms with Crippen molar-refractivity contribution in [3.63, 3.8) is 0 Å². The van der Waals surface area contributed by atoms with Gasteiger partial charge in [-0.2, -0.15) is 4.98 Å². The van der Waals surface area contributed by atoms with Gasteiger partial charge in [-0.15, -0.1) is 0 Å². The maximum atomic E-state index is 12.8. The molecular formula is C21H30N6O3. The van der Waals surface area contributed by atoms with Crippen molar-refractivity contribution in [2.75, 3.05) is 32.8 Å². The molecular weight excluding hydrogens is 384 g/mol. The molecule has 0 spiro atoms. The van der Waals surface area contributed by atoms with E-state index in [-0.39, 0.29) is 17.9 Å². The highest BCUT2D eigenvalue weighted by atomic mass is 16.5. The number of likely N-dealkylation sites (tertiary alicyclic amines) is 1. The lowest BCUT2D eigenvalue weighted by atomic mass is 10.0. The quantitative estimate of drug-likeness (QED) is 0.719. The minimum Gasteiger partial charge on any atom is -0.381 e. The summed E-state index contributed by atoms with van der Waals surface area (Å²) in [5.74, 6) is 0.975. The summed E-state index contributed by atoms with van der Waals surface area (Å²) in [6.07, 6.45) is 5.88. The molecule has 2 aliphatic rings. The lowest BCUT2D eigenvalue weighted by molar-refractivity contribution is -0.125. The van der Waals surface area contributed by atoms with Crippen LogP contribution in [0.5, 0.6) is 0 Å².